The molecule has 46 heavy (non-hydrogen) atoms. The quantitative estimate of drug-likeness (QED) is 0.237. The largest absolute Gasteiger partial charge is 0.363 e. The van der Waals surface area contributed by atoms with E-state index in [2.05, 4.69) is 29.8 Å². The van der Waals surface area contributed by atoms with Crippen LogP contribution < -0.4 is 21.7 Å². The smallest absolute Gasteiger partial charge is 0.315 e. The zero-order valence-electron chi connectivity index (χ0n) is 29.2. The molecule has 4 fully saturated rings. The van der Waals surface area contributed by atoms with E-state index in [0.717, 1.165) is 32.1 Å². The van der Waals surface area contributed by atoms with Gasteiger partial charge >= 0.3 is 6.03 Å². The van der Waals surface area contributed by atoms with Gasteiger partial charge < -0.3 is 31.5 Å². The van der Waals surface area contributed by atoms with Crippen LogP contribution >= 0.6 is 0 Å². The number of nitrogens with two attached hydrogens (primary N) is 1. The zero-order chi connectivity index (χ0) is 34.5. The van der Waals surface area contributed by atoms with Crippen LogP contribution in [-0.2, 0) is 24.0 Å². The van der Waals surface area contributed by atoms with Crippen molar-refractivity contribution in [2.75, 3.05) is 20.1 Å². The molecule has 0 radical (unpaired) electrons. The van der Waals surface area contributed by atoms with Gasteiger partial charge in [0.2, 0.25) is 23.5 Å². The Bertz CT molecular complexity index is 1240. The minimum atomic E-state index is -1.09. The maximum Gasteiger partial charge on any atom is 0.315 e. The number of hydrogen-bond acceptors (Lipinski definition) is 6. The van der Waals surface area contributed by atoms with Crippen LogP contribution in [-0.4, -0.2) is 89.5 Å². The summed E-state index contributed by atoms with van der Waals surface area (Å²) in [5.41, 5.74) is 4.08. The Morgan fingerprint density at radius 3 is 2.00 bits per heavy atom. The maximum absolute atomic E-state index is 14.3. The number of rotatable bonds is 12. The average molecular weight is 645 g/mol. The summed E-state index contributed by atoms with van der Waals surface area (Å²) in [7, 11) is 1.75. The number of fused-ring (bicyclic) bond motifs is 1. The fourth-order valence-electron chi connectivity index (χ4n) is 7.22. The summed E-state index contributed by atoms with van der Waals surface area (Å²) in [4.78, 5) is 82.2. The molecule has 1 aliphatic heterocycles. The molecule has 0 aromatic rings. The lowest BCUT2D eigenvalue weighted by atomic mass is 9.80. The number of likely N-dealkylation sites (N-methyl/N-ethyl adjacent to an activating group) is 1. The van der Waals surface area contributed by atoms with Crippen molar-refractivity contribution in [1.29, 1.82) is 0 Å². The highest BCUT2D eigenvalue weighted by molar-refractivity contribution is 6.37. The number of nitrogens with one attached hydrogen (secondary N) is 3. The molecule has 6 atom stereocenters. The molecular weight excluding hydrogens is 588 g/mol. The van der Waals surface area contributed by atoms with Gasteiger partial charge in [0.15, 0.2) is 0 Å². The first-order chi connectivity index (χ1) is 21.1. The summed E-state index contributed by atoms with van der Waals surface area (Å²) in [6, 6.07) is -3.76. The standard InChI is InChI=1S/C34H56N6O6/c1-32(2,3)22(17-39(9)29(44)19-13-14-19)37-31(46)38-26(33(4,5)6)30(45)40-16-20-23(34(20,7)8)24(40)28(43)36-21(25(41)27(35)42)15-18-11-10-12-18/h18-24,26H,10-17H2,1-9H3,(H2,35,42)(H,36,43)(H2,37,38,46)/t20-,21?,22+,23-,24-,26+/m0/s1. The van der Waals surface area contributed by atoms with Crippen LogP contribution in [0.1, 0.15) is 93.9 Å². The number of piperidine rings is 1. The topological polar surface area (TPSA) is 171 Å². The second kappa shape index (κ2) is 12.8. The fourth-order valence-corrected chi connectivity index (χ4v) is 7.22. The first-order valence-electron chi connectivity index (χ1n) is 16.9. The Labute approximate surface area is 273 Å². The summed E-state index contributed by atoms with van der Waals surface area (Å²) in [6.45, 7) is 16.3. The van der Waals surface area contributed by atoms with E-state index in [1.54, 1.807) is 16.8 Å². The predicted molar refractivity (Wildman–Crippen MR) is 173 cm³/mol. The number of carbonyl (C=O) groups is 6. The van der Waals surface area contributed by atoms with Crippen molar-refractivity contribution in [2.45, 2.75) is 118 Å². The molecule has 4 rings (SSSR count). The van der Waals surface area contributed by atoms with Gasteiger partial charge in [0.05, 0.1) is 12.1 Å². The van der Waals surface area contributed by atoms with E-state index in [1.807, 2.05) is 41.5 Å². The van der Waals surface area contributed by atoms with Gasteiger partial charge in [-0.15, -0.1) is 0 Å². The maximum atomic E-state index is 14.3. The van der Waals surface area contributed by atoms with Crippen LogP contribution in [0.4, 0.5) is 4.79 Å². The number of hydrogen-bond donors (Lipinski definition) is 4. The molecule has 3 aliphatic carbocycles. The van der Waals surface area contributed by atoms with Gasteiger partial charge in [0.25, 0.3) is 5.91 Å². The van der Waals surface area contributed by atoms with E-state index in [9.17, 15) is 28.8 Å². The highest BCUT2D eigenvalue weighted by Gasteiger charge is 2.70. The molecule has 0 aromatic heterocycles. The minimum Gasteiger partial charge on any atom is -0.363 e. The van der Waals surface area contributed by atoms with Crippen molar-refractivity contribution in [3.63, 3.8) is 0 Å². The molecule has 3 saturated carbocycles. The predicted octanol–water partition coefficient (Wildman–Crippen LogP) is 2.20. The van der Waals surface area contributed by atoms with E-state index in [4.69, 9.17) is 5.73 Å². The van der Waals surface area contributed by atoms with Crippen molar-refractivity contribution >= 4 is 35.4 Å². The Balaban J connectivity index is 1.50. The molecule has 6 amide bonds. The number of amides is 6. The van der Waals surface area contributed by atoms with Crippen LogP contribution in [0.2, 0.25) is 0 Å². The van der Waals surface area contributed by atoms with Gasteiger partial charge in [-0.1, -0.05) is 74.7 Å². The molecule has 1 heterocycles. The fraction of sp³-hybridized carbons (Fsp3) is 0.824. The molecule has 0 aromatic carbocycles. The van der Waals surface area contributed by atoms with Crippen molar-refractivity contribution in [3.05, 3.63) is 0 Å². The van der Waals surface area contributed by atoms with Gasteiger partial charge in [-0.25, -0.2) is 4.79 Å². The number of urea groups is 1. The van der Waals surface area contributed by atoms with E-state index in [1.165, 1.54) is 0 Å². The lowest BCUT2D eigenvalue weighted by Crippen LogP contribution is -2.62. The Kier molecular flexibility index (Phi) is 9.92. The monoisotopic (exact) mass is 644 g/mol. The normalized spacial score (nSPS) is 25.7. The SMILES string of the molecule is CN(C[C@@H](NC(=O)N[C@H](C(=O)N1C[C@H]2[C@@H]([C@H]1C(=O)NC(CC1CCC1)C(=O)C(N)=O)C2(C)C)C(C)(C)C)C(C)(C)C)C(=O)C1CC1. The second-order valence-corrected chi connectivity index (χ2v) is 17.0. The Morgan fingerprint density at radius 1 is 0.913 bits per heavy atom. The van der Waals surface area contributed by atoms with Crippen molar-refractivity contribution in [2.24, 2.45) is 45.7 Å². The molecule has 5 N–H and O–H groups in total. The minimum absolute atomic E-state index is 0.0616. The van der Waals surface area contributed by atoms with Crippen molar-refractivity contribution < 1.29 is 28.8 Å². The first kappa shape index (κ1) is 35.7. The summed E-state index contributed by atoms with van der Waals surface area (Å²) in [6.07, 6.45) is 5.02. The number of nitrogens with zero attached hydrogens (tertiary/aromatic N) is 2. The summed E-state index contributed by atoms with van der Waals surface area (Å²) in [5.74, 6) is -2.43. The van der Waals surface area contributed by atoms with Gasteiger partial charge in [-0.2, -0.15) is 0 Å². The summed E-state index contributed by atoms with van der Waals surface area (Å²) in [5, 5.41) is 8.73. The van der Waals surface area contributed by atoms with Gasteiger partial charge in [0, 0.05) is 26.1 Å². The third-order valence-electron chi connectivity index (χ3n) is 10.9. The van der Waals surface area contributed by atoms with E-state index >= 15 is 0 Å². The van der Waals surface area contributed by atoms with Crippen LogP contribution in [0.3, 0.4) is 0 Å². The summed E-state index contributed by atoms with van der Waals surface area (Å²) < 4.78 is 0. The first-order valence-corrected chi connectivity index (χ1v) is 16.9. The van der Waals surface area contributed by atoms with Gasteiger partial charge in [-0.3, -0.25) is 24.0 Å². The molecular formula is C34H56N6O6. The number of Topliss-reactive ketones (excluding diaryl/α,β-unsaturated/α-hetero) is 1. The second-order valence-electron chi connectivity index (χ2n) is 17.0. The van der Waals surface area contributed by atoms with Crippen LogP contribution in [0.5, 0.6) is 0 Å². The van der Waals surface area contributed by atoms with E-state index < -0.39 is 47.2 Å². The van der Waals surface area contributed by atoms with Crippen LogP contribution in [0.15, 0.2) is 0 Å². The number of ketones is 1. The van der Waals surface area contributed by atoms with Gasteiger partial charge in [0.1, 0.15) is 12.1 Å². The molecule has 12 heteroatoms. The number of primary amides is 1. The third-order valence-corrected chi connectivity index (χ3v) is 10.9. The highest BCUT2D eigenvalue weighted by Crippen LogP contribution is 2.65. The number of carbonyl (C=O) groups excluding carboxylic acids is 6. The zero-order valence-corrected chi connectivity index (χ0v) is 29.2. The molecule has 1 unspecified atom stereocenters. The van der Waals surface area contributed by atoms with Crippen molar-refractivity contribution in [1.82, 2.24) is 25.8 Å². The Morgan fingerprint density at radius 2 is 1.52 bits per heavy atom. The third kappa shape index (κ3) is 7.68. The lowest BCUT2D eigenvalue weighted by Gasteiger charge is -2.39. The summed E-state index contributed by atoms with van der Waals surface area (Å²) >= 11 is 0. The molecule has 1 saturated heterocycles. The lowest BCUT2D eigenvalue weighted by molar-refractivity contribution is -0.145. The molecule has 12 nitrogen and oxygen atoms in total. The van der Waals surface area contributed by atoms with Gasteiger partial charge in [-0.05, 0) is 53.3 Å². The Hall–Kier alpha value is -3.18. The molecule has 0 spiro atoms. The van der Waals surface area contributed by atoms with E-state index in [-0.39, 0.29) is 52.4 Å². The number of likely N-dealkylation sites (tertiary alicyclic amines) is 1. The van der Waals surface area contributed by atoms with Crippen LogP contribution in [0, 0.1) is 39.9 Å². The van der Waals surface area contributed by atoms with Crippen molar-refractivity contribution in [3.8, 4) is 0 Å². The average Bonchev–Trinajstić information content (AvgIpc) is 3.79. The molecule has 0 bridgehead atoms. The molecule has 4 aliphatic rings. The highest BCUT2D eigenvalue weighted by atomic mass is 16.2. The molecule has 258 valence electrons. The van der Waals surface area contributed by atoms with Crippen LogP contribution in [0.25, 0.3) is 0 Å². The van der Waals surface area contributed by atoms with E-state index in [0.29, 0.717) is 19.5 Å².